The minimum Gasteiger partial charge on any atom is -0.390 e. The average molecular weight is 141 g/mol. The summed E-state index contributed by atoms with van der Waals surface area (Å²) in [5, 5.41) is 26.9. The maximum Gasteiger partial charge on any atom is 0.182 e. The van der Waals surface area contributed by atoms with E-state index in [4.69, 9.17) is 15.1 Å². The SMILES string of the molecule is N#C[C@]1(O)C[C@@H](O)[C@H]2O[C@H]21. The largest absolute Gasteiger partial charge is 0.390 e. The van der Waals surface area contributed by atoms with Gasteiger partial charge in [0.1, 0.15) is 18.3 Å². The second-order valence-corrected chi connectivity index (χ2v) is 2.83. The molecule has 10 heavy (non-hydrogen) atoms. The van der Waals surface area contributed by atoms with Crippen LogP contribution in [-0.2, 0) is 4.74 Å². The Hall–Kier alpha value is -0.630. The molecule has 0 aromatic carbocycles. The van der Waals surface area contributed by atoms with Crippen LogP contribution in [0.25, 0.3) is 0 Å². The highest BCUT2D eigenvalue weighted by Gasteiger charge is 2.65. The molecule has 54 valence electrons. The highest BCUT2D eigenvalue weighted by Crippen LogP contribution is 2.45. The molecule has 1 aliphatic heterocycles. The predicted molar refractivity (Wildman–Crippen MR) is 29.8 cm³/mol. The van der Waals surface area contributed by atoms with Gasteiger partial charge in [-0.05, 0) is 0 Å². The van der Waals surface area contributed by atoms with Gasteiger partial charge in [0, 0.05) is 6.42 Å². The summed E-state index contributed by atoms with van der Waals surface area (Å²) in [5.41, 5.74) is -1.43. The van der Waals surface area contributed by atoms with Crippen molar-refractivity contribution in [3.05, 3.63) is 0 Å². The summed E-state index contributed by atoms with van der Waals surface area (Å²) >= 11 is 0. The summed E-state index contributed by atoms with van der Waals surface area (Å²) in [6, 6.07) is 1.73. The van der Waals surface area contributed by atoms with Gasteiger partial charge in [-0.15, -0.1) is 0 Å². The van der Waals surface area contributed by atoms with Crippen molar-refractivity contribution in [3.8, 4) is 6.07 Å². The Balaban J connectivity index is 2.23. The van der Waals surface area contributed by atoms with E-state index in [9.17, 15) is 5.11 Å². The lowest BCUT2D eigenvalue weighted by Crippen LogP contribution is -2.31. The van der Waals surface area contributed by atoms with Crippen LogP contribution in [0.5, 0.6) is 0 Å². The number of fused-ring (bicyclic) bond motifs is 1. The number of ether oxygens (including phenoxy) is 1. The lowest BCUT2D eigenvalue weighted by molar-refractivity contribution is 0.00916. The third kappa shape index (κ3) is 0.548. The fourth-order valence-electron chi connectivity index (χ4n) is 1.46. The second kappa shape index (κ2) is 1.51. The van der Waals surface area contributed by atoms with Crippen molar-refractivity contribution in [1.29, 1.82) is 5.26 Å². The summed E-state index contributed by atoms with van der Waals surface area (Å²) in [6.07, 6.45) is -1.26. The van der Waals surface area contributed by atoms with Crippen LogP contribution in [0.4, 0.5) is 0 Å². The van der Waals surface area contributed by atoms with Gasteiger partial charge in [-0.25, -0.2) is 0 Å². The monoisotopic (exact) mass is 141 g/mol. The summed E-state index contributed by atoms with van der Waals surface area (Å²) in [5.74, 6) is 0. The van der Waals surface area contributed by atoms with Crippen LogP contribution in [0.15, 0.2) is 0 Å². The zero-order valence-electron chi connectivity index (χ0n) is 5.19. The normalized spacial score (nSPS) is 57.5. The molecule has 0 amide bonds. The topological polar surface area (TPSA) is 76.8 Å². The molecule has 1 heterocycles. The van der Waals surface area contributed by atoms with Crippen LogP contribution < -0.4 is 0 Å². The number of aliphatic hydroxyl groups is 2. The van der Waals surface area contributed by atoms with Crippen molar-refractivity contribution < 1.29 is 14.9 Å². The number of nitriles is 1. The Morgan fingerprint density at radius 2 is 2.40 bits per heavy atom. The molecule has 4 heteroatoms. The van der Waals surface area contributed by atoms with Crippen LogP contribution >= 0.6 is 0 Å². The molecule has 1 saturated heterocycles. The van der Waals surface area contributed by atoms with E-state index in [1.54, 1.807) is 6.07 Å². The van der Waals surface area contributed by atoms with Gasteiger partial charge in [-0.1, -0.05) is 0 Å². The van der Waals surface area contributed by atoms with Crippen LogP contribution in [0.2, 0.25) is 0 Å². The number of nitrogens with zero attached hydrogens (tertiary/aromatic N) is 1. The van der Waals surface area contributed by atoms with Crippen LogP contribution in [0, 0.1) is 11.3 Å². The molecule has 0 bridgehead atoms. The van der Waals surface area contributed by atoms with Crippen molar-refractivity contribution in [2.75, 3.05) is 0 Å². The Labute approximate surface area is 57.6 Å². The maximum atomic E-state index is 9.33. The molecule has 4 nitrogen and oxygen atoms in total. The molecule has 2 rings (SSSR count). The molecule has 2 N–H and O–H groups in total. The van der Waals surface area contributed by atoms with Crippen molar-refractivity contribution in [1.82, 2.24) is 0 Å². The Kier molecular flexibility index (Phi) is 0.920. The molecule has 0 aromatic heterocycles. The summed E-state index contributed by atoms with van der Waals surface area (Å²) in [6.45, 7) is 0. The van der Waals surface area contributed by atoms with E-state index >= 15 is 0 Å². The first-order chi connectivity index (χ1) is 4.67. The van der Waals surface area contributed by atoms with Gasteiger partial charge in [0.25, 0.3) is 0 Å². The lowest BCUT2D eigenvalue weighted by Gasteiger charge is -2.13. The number of hydrogen-bond donors (Lipinski definition) is 2. The first kappa shape index (κ1) is 6.10. The molecule has 4 atom stereocenters. The van der Waals surface area contributed by atoms with Gasteiger partial charge < -0.3 is 14.9 Å². The summed E-state index contributed by atoms with van der Waals surface area (Å²) in [7, 11) is 0. The standard InChI is InChI=1S/C6H7NO3/c7-2-6(9)1-3(8)4-5(6)10-4/h3-5,8-9H,1H2/t3-,4-,5-,6-/m1/s1. The molecule has 0 aromatic rings. The van der Waals surface area contributed by atoms with E-state index in [1.165, 1.54) is 0 Å². The van der Waals surface area contributed by atoms with Crippen molar-refractivity contribution >= 4 is 0 Å². The molecule has 2 aliphatic rings. The highest BCUT2D eigenvalue weighted by atomic mass is 16.6. The quantitative estimate of drug-likeness (QED) is 0.327. The van der Waals surface area contributed by atoms with E-state index in [0.717, 1.165) is 0 Å². The third-order valence-corrected chi connectivity index (χ3v) is 2.09. The number of aliphatic hydroxyl groups excluding tert-OH is 1. The molecule has 0 unspecified atom stereocenters. The Morgan fingerprint density at radius 1 is 1.70 bits per heavy atom. The second-order valence-electron chi connectivity index (χ2n) is 2.83. The van der Waals surface area contributed by atoms with Gasteiger partial charge in [-0.2, -0.15) is 5.26 Å². The van der Waals surface area contributed by atoms with E-state index in [0.29, 0.717) is 0 Å². The maximum absolute atomic E-state index is 9.33. The molecule has 0 radical (unpaired) electrons. The summed E-state index contributed by atoms with van der Waals surface area (Å²) in [4.78, 5) is 0. The Morgan fingerprint density at radius 3 is 2.60 bits per heavy atom. The van der Waals surface area contributed by atoms with E-state index in [-0.39, 0.29) is 12.5 Å². The van der Waals surface area contributed by atoms with Crippen molar-refractivity contribution in [2.24, 2.45) is 0 Å². The molecule has 1 saturated carbocycles. The van der Waals surface area contributed by atoms with Crippen LogP contribution in [0.1, 0.15) is 6.42 Å². The lowest BCUT2D eigenvalue weighted by atomic mass is 10.0. The van der Waals surface area contributed by atoms with E-state index < -0.39 is 17.8 Å². The molecule has 2 fully saturated rings. The van der Waals surface area contributed by atoms with Crippen LogP contribution in [-0.4, -0.2) is 34.1 Å². The Bertz CT molecular complexity index is 212. The molecular weight excluding hydrogens is 134 g/mol. The average Bonchev–Trinajstić information content (AvgIpc) is 2.61. The number of hydrogen-bond acceptors (Lipinski definition) is 4. The van der Waals surface area contributed by atoms with Crippen molar-refractivity contribution in [2.45, 2.75) is 30.3 Å². The molecule has 1 aliphatic carbocycles. The molecular formula is C6H7NO3. The van der Waals surface area contributed by atoms with Gasteiger partial charge in [0.15, 0.2) is 5.60 Å². The van der Waals surface area contributed by atoms with Crippen LogP contribution in [0.3, 0.4) is 0 Å². The fraction of sp³-hybridized carbons (Fsp3) is 0.833. The zero-order chi connectivity index (χ0) is 7.35. The predicted octanol–water partition coefficient (Wildman–Crippen LogP) is -1.23. The minimum absolute atomic E-state index is 0.124. The van der Waals surface area contributed by atoms with Gasteiger partial charge in [-0.3, -0.25) is 0 Å². The smallest absolute Gasteiger partial charge is 0.182 e. The zero-order valence-corrected chi connectivity index (χ0v) is 5.19. The highest BCUT2D eigenvalue weighted by molar-refractivity contribution is 5.22. The fourth-order valence-corrected chi connectivity index (χ4v) is 1.46. The molecule has 0 spiro atoms. The first-order valence-electron chi connectivity index (χ1n) is 3.14. The first-order valence-corrected chi connectivity index (χ1v) is 3.14. The van der Waals surface area contributed by atoms with Gasteiger partial charge >= 0.3 is 0 Å². The number of rotatable bonds is 0. The van der Waals surface area contributed by atoms with E-state index in [1.807, 2.05) is 0 Å². The van der Waals surface area contributed by atoms with E-state index in [2.05, 4.69) is 0 Å². The van der Waals surface area contributed by atoms with Crippen molar-refractivity contribution in [3.63, 3.8) is 0 Å². The number of epoxide rings is 1. The third-order valence-electron chi connectivity index (χ3n) is 2.09. The minimum atomic E-state index is -1.43. The van der Waals surface area contributed by atoms with Gasteiger partial charge in [0.05, 0.1) is 6.10 Å². The summed E-state index contributed by atoms with van der Waals surface area (Å²) < 4.78 is 4.85. The van der Waals surface area contributed by atoms with Gasteiger partial charge in [0.2, 0.25) is 0 Å².